The van der Waals surface area contributed by atoms with Gasteiger partial charge in [-0.3, -0.25) is 9.59 Å². The van der Waals surface area contributed by atoms with E-state index >= 15 is 0 Å². The first kappa shape index (κ1) is 17.5. The van der Waals surface area contributed by atoms with Crippen LogP contribution in [0.5, 0.6) is 0 Å². The topological polar surface area (TPSA) is 70.2 Å². The van der Waals surface area contributed by atoms with Crippen LogP contribution in [0.15, 0.2) is 18.2 Å². The van der Waals surface area contributed by atoms with E-state index in [1.54, 1.807) is 6.07 Å². The fourth-order valence-corrected chi connectivity index (χ4v) is 2.35. The van der Waals surface area contributed by atoms with E-state index in [9.17, 15) is 9.59 Å². The Labute approximate surface area is 131 Å². The molecule has 0 spiro atoms. The molecule has 0 aromatic heterocycles. The second-order valence-corrected chi connectivity index (χ2v) is 5.22. The van der Waals surface area contributed by atoms with Crippen molar-refractivity contribution in [1.82, 2.24) is 5.32 Å². The van der Waals surface area contributed by atoms with Crippen LogP contribution in [0.2, 0.25) is 0 Å². The molecule has 0 unspecified atom stereocenters. The van der Waals surface area contributed by atoms with Gasteiger partial charge in [-0.05, 0) is 50.6 Å². The fourth-order valence-electron chi connectivity index (χ4n) is 2.35. The minimum absolute atomic E-state index is 0. The number of piperidine rings is 1. The zero-order chi connectivity index (χ0) is 14.5. The van der Waals surface area contributed by atoms with Gasteiger partial charge in [0, 0.05) is 24.2 Å². The van der Waals surface area contributed by atoms with E-state index in [-0.39, 0.29) is 30.1 Å². The zero-order valence-corrected chi connectivity index (χ0v) is 13.2. The summed E-state index contributed by atoms with van der Waals surface area (Å²) in [5, 5.41) is 8.94. The van der Waals surface area contributed by atoms with Crippen LogP contribution in [0.1, 0.15) is 25.3 Å². The van der Waals surface area contributed by atoms with Gasteiger partial charge in [0.15, 0.2) is 0 Å². The highest BCUT2D eigenvalue weighted by atomic mass is 35.5. The number of rotatable bonds is 3. The van der Waals surface area contributed by atoms with Gasteiger partial charge in [0.2, 0.25) is 11.8 Å². The molecule has 1 aliphatic heterocycles. The molecule has 1 fully saturated rings. The molecular weight excluding hydrogens is 290 g/mol. The molecule has 6 heteroatoms. The van der Waals surface area contributed by atoms with Gasteiger partial charge in [-0.25, -0.2) is 0 Å². The molecule has 21 heavy (non-hydrogen) atoms. The molecular formula is C15H22ClN3O2. The summed E-state index contributed by atoms with van der Waals surface area (Å²) >= 11 is 0. The van der Waals surface area contributed by atoms with Crippen molar-refractivity contribution in [1.29, 1.82) is 0 Å². The van der Waals surface area contributed by atoms with Crippen molar-refractivity contribution in [3.8, 4) is 0 Å². The molecule has 1 aliphatic rings. The first-order chi connectivity index (χ1) is 9.56. The number of aryl methyl sites for hydroxylation is 1. The quantitative estimate of drug-likeness (QED) is 0.802. The highest BCUT2D eigenvalue weighted by Gasteiger charge is 2.20. The third-order valence-corrected chi connectivity index (χ3v) is 3.53. The Hall–Kier alpha value is -1.59. The number of anilines is 2. The van der Waals surface area contributed by atoms with Gasteiger partial charge in [-0.1, -0.05) is 6.07 Å². The monoisotopic (exact) mass is 311 g/mol. The van der Waals surface area contributed by atoms with E-state index in [0.29, 0.717) is 0 Å². The Morgan fingerprint density at radius 2 is 1.86 bits per heavy atom. The van der Waals surface area contributed by atoms with Crippen LogP contribution in [0.25, 0.3) is 0 Å². The normalized spacial score (nSPS) is 15.0. The Morgan fingerprint density at radius 1 is 1.19 bits per heavy atom. The second kappa shape index (κ2) is 8.00. The van der Waals surface area contributed by atoms with Crippen LogP contribution in [0.3, 0.4) is 0 Å². The van der Waals surface area contributed by atoms with Crippen molar-refractivity contribution in [2.45, 2.75) is 26.7 Å². The first-order valence-corrected chi connectivity index (χ1v) is 6.96. The largest absolute Gasteiger partial charge is 0.326 e. The molecule has 2 rings (SSSR count). The number of benzene rings is 1. The zero-order valence-electron chi connectivity index (χ0n) is 12.4. The maximum absolute atomic E-state index is 12.2. The molecule has 0 saturated carbocycles. The highest BCUT2D eigenvalue weighted by Crippen LogP contribution is 2.22. The SMILES string of the molecule is CC(=O)Nc1cc(NC(=O)C2CCNCC2)ccc1C.Cl. The van der Waals surface area contributed by atoms with Gasteiger partial charge < -0.3 is 16.0 Å². The molecule has 1 saturated heterocycles. The Bertz CT molecular complexity index is 514. The summed E-state index contributed by atoms with van der Waals surface area (Å²) in [4.78, 5) is 23.3. The number of hydrogen-bond donors (Lipinski definition) is 3. The first-order valence-electron chi connectivity index (χ1n) is 6.96. The molecule has 0 atom stereocenters. The van der Waals surface area contributed by atoms with Crippen LogP contribution in [-0.4, -0.2) is 24.9 Å². The van der Waals surface area contributed by atoms with Crippen LogP contribution < -0.4 is 16.0 Å². The number of amides is 2. The van der Waals surface area contributed by atoms with Crippen molar-refractivity contribution in [3.63, 3.8) is 0 Å². The second-order valence-electron chi connectivity index (χ2n) is 5.22. The Balaban J connectivity index is 0.00000220. The van der Waals surface area contributed by atoms with Crippen molar-refractivity contribution < 1.29 is 9.59 Å². The lowest BCUT2D eigenvalue weighted by Gasteiger charge is -2.22. The third-order valence-electron chi connectivity index (χ3n) is 3.53. The molecule has 1 aromatic rings. The predicted octanol–water partition coefficient (Wildman–Crippen LogP) is 2.31. The molecule has 2 amide bonds. The number of hydrogen-bond acceptors (Lipinski definition) is 3. The lowest BCUT2D eigenvalue weighted by molar-refractivity contribution is -0.120. The summed E-state index contributed by atoms with van der Waals surface area (Å²) < 4.78 is 0. The van der Waals surface area contributed by atoms with Crippen LogP contribution in [0, 0.1) is 12.8 Å². The van der Waals surface area contributed by atoms with Crippen molar-refractivity contribution in [2.24, 2.45) is 5.92 Å². The number of carbonyl (C=O) groups is 2. The summed E-state index contributed by atoms with van der Waals surface area (Å²) in [6, 6.07) is 5.55. The summed E-state index contributed by atoms with van der Waals surface area (Å²) in [5.74, 6) is 0.0147. The average Bonchev–Trinajstić information content (AvgIpc) is 2.43. The smallest absolute Gasteiger partial charge is 0.227 e. The summed E-state index contributed by atoms with van der Waals surface area (Å²) in [6.07, 6.45) is 1.74. The standard InChI is InChI=1S/C15H21N3O2.ClH/c1-10-3-4-13(9-14(10)17-11(2)19)18-15(20)12-5-7-16-8-6-12;/h3-4,9,12,16H,5-8H2,1-2H3,(H,17,19)(H,18,20);1H. The number of nitrogens with one attached hydrogen (secondary N) is 3. The average molecular weight is 312 g/mol. The van der Waals surface area contributed by atoms with Gasteiger partial charge in [-0.15, -0.1) is 12.4 Å². The minimum Gasteiger partial charge on any atom is -0.326 e. The van der Waals surface area contributed by atoms with Crippen molar-refractivity contribution in [2.75, 3.05) is 23.7 Å². The van der Waals surface area contributed by atoms with Crippen LogP contribution in [0.4, 0.5) is 11.4 Å². The van der Waals surface area contributed by atoms with Gasteiger partial charge in [-0.2, -0.15) is 0 Å². The number of halogens is 1. The Morgan fingerprint density at radius 3 is 2.48 bits per heavy atom. The van der Waals surface area contributed by atoms with Gasteiger partial charge >= 0.3 is 0 Å². The summed E-state index contributed by atoms with van der Waals surface area (Å²) in [7, 11) is 0. The van der Waals surface area contributed by atoms with Gasteiger partial charge in [0.05, 0.1) is 0 Å². The van der Waals surface area contributed by atoms with E-state index in [1.165, 1.54) is 6.92 Å². The molecule has 0 bridgehead atoms. The molecule has 3 N–H and O–H groups in total. The highest BCUT2D eigenvalue weighted by molar-refractivity contribution is 5.95. The molecule has 0 aliphatic carbocycles. The molecule has 116 valence electrons. The van der Waals surface area contributed by atoms with Crippen molar-refractivity contribution in [3.05, 3.63) is 23.8 Å². The summed E-state index contributed by atoms with van der Waals surface area (Å²) in [5.41, 5.74) is 2.43. The molecule has 1 heterocycles. The maximum Gasteiger partial charge on any atom is 0.227 e. The lowest BCUT2D eigenvalue weighted by atomic mass is 9.97. The van der Waals surface area contributed by atoms with E-state index in [4.69, 9.17) is 0 Å². The van der Waals surface area contributed by atoms with Crippen LogP contribution >= 0.6 is 12.4 Å². The van der Waals surface area contributed by atoms with E-state index in [1.807, 2.05) is 19.1 Å². The van der Waals surface area contributed by atoms with Crippen molar-refractivity contribution >= 4 is 35.6 Å². The van der Waals surface area contributed by atoms with Gasteiger partial charge in [0.1, 0.15) is 0 Å². The molecule has 5 nitrogen and oxygen atoms in total. The molecule has 1 aromatic carbocycles. The van der Waals surface area contributed by atoms with E-state index in [2.05, 4.69) is 16.0 Å². The molecule has 0 radical (unpaired) electrons. The number of carbonyl (C=O) groups excluding carboxylic acids is 2. The maximum atomic E-state index is 12.2. The predicted molar refractivity (Wildman–Crippen MR) is 87.0 cm³/mol. The lowest BCUT2D eigenvalue weighted by Crippen LogP contribution is -2.34. The fraction of sp³-hybridized carbons (Fsp3) is 0.467. The van der Waals surface area contributed by atoms with E-state index in [0.717, 1.165) is 42.9 Å². The van der Waals surface area contributed by atoms with Crippen LogP contribution in [-0.2, 0) is 9.59 Å². The Kier molecular flexibility index (Phi) is 6.65. The third kappa shape index (κ3) is 5.02. The van der Waals surface area contributed by atoms with Gasteiger partial charge in [0.25, 0.3) is 0 Å². The minimum atomic E-state index is -0.116. The summed E-state index contributed by atoms with van der Waals surface area (Å²) in [6.45, 7) is 5.18. The van der Waals surface area contributed by atoms with E-state index < -0.39 is 0 Å².